The highest BCUT2D eigenvalue weighted by Crippen LogP contribution is 2.26. The van der Waals surface area contributed by atoms with Crippen LogP contribution in [0.2, 0.25) is 0 Å². The highest BCUT2D eigenvalue weighted by Gasteiger charge is 2.30. The van der Waals surface area contributed by atoms with Crippen LogP contribution in [-0.2, 0) is 0 Å². The molecule has 1 amide bonds. The van der Waals surface area contributed by atoms with Crippen LogP contribution in [0.1, 0.15) is 43.5 Å². The maximum atomic E-state index is 12.8. The Morgan fingerprint density at radius 3 is 2.68 bits per heavy atom. The second-order valence-corrected chi connectivity index (χ2v) is 5.59. The Morgan fingerprint density at radius 2 is 1.95 bits per heavy atom. The first-order valence-electron chi connectivity index (χ1n) is 7.07. The molecule has 1 aromatic carbocycles. The Morgan fingerprint density at radius 1 is 1.21 bits per heavy atom. The van der Waals surface area contributed by atoms with Crippen LogP contribution in [0, 0.1) is 0 Å². The largest absolute Gasteiger partial charge is 0.361 e. The zero-order valence-electron chi connectivity index (χ0n) is 11.5. The number of aromatic amines is 1. The topological polar surface area (TPSA) is 36.1 Å². The van der Waals surface area contributed by atoms with Crippen molar-refractivity contribution >= 4 is 16.8 Å². The first-order chi connectivity index (χ1) is 9.18. The van der Waals surface area contributed by atoms with Gasteiger partial charge in [-0.1, -0.05) is 12.1 Å². The smallest absolute Gasteiger partial charge is 0.256 e. The maximum absolute atomic E-state index is 12.8. The molecule has 2 aromatic rings. The van der Waals surface area contributed by atoms with Crippen LogP contribution in [-0.4, -0.2) is 27.9 Å². The van der Waals surface area contributed by atoms with Crippen molar-refractivity contribution in [2.45, 2.75) is 45.2 Å². The minimum Gasteiger partial charge on any atom is -0.361 e. The molecule has 1 aliphatic rings. The molecule has 0 unspecified atom stereocenters. The minimum absolute atomic E-state index is 0.160. The molecule has 1 saturated heterocycles. The van der Waals surface area contributed by atoms with Crippen LogP contribution in [0.4, 0.5) is 0 Å². The first kappa shape index (κ1) is 12.3. The molecule has 1 aromatic heterocycles. The zero-order valence-corrected chi connectivity index (χ0v) is 11.5. The van der Waals surface area contributed by atoms with E-state index in [4.69, 9.17) is 0 Å². The summed E-state index contributed by atoms with van der Waals surface area (Å²) in [5.41, 5.74) is 1.75. The summed E-state index contributed by atoms with van der Waals surface area (Å²) in [7, 11) is 0. The number of rotatable bonds is 1. The van der Waals surface area contributed by atoms with Crippen molar-refractivity contribution in [3.8, 4) is 0 Å². The summed E-state index contributed by atoms with van der Waals surface area (Å²) in [6, 6.07) is 8.60. The van der Waals surface area contributed by atoms with E-state index in [-0.39, 0.29) is 5.91 Å². The van der Waals surface area contributed by atoms with Crippen molar-refractivity contribution in [3.63, 3.8) is 0 Å². The van der Waals surface area contributed by atoms with Gasteiger partial charge < -0.3 is 9.88 Å². The molecule has 0 radical (unpaired) electrons. The van der Waals surface area contributed by atoms with E-state index >= 15 is 0 Å². The lowest BCUT2D eigenvalue weighted by Crippen LogP contribution is -2.47. The number of carbonyl (C=O) groups is 1. The van der Waals surface area contributed by atoms with E-state index in [9.17, 15) is 4.79 Å². The van der Waals surface area contributed by atoms with Gasteiger partial charge in [0.15, 0.2) is 0 Å². The second-order valence-electron chi connectivity index (χ2n) is 5.59. The average Bonchev–Trinajstić information content (AvgIpc) is 2.86. The number of nitrogens with zero attached hydrogens (tertiary/aromatic N) is 1. The number of hydrogen-bond acceptors (Lipinski definition) is 1. The molecule has 3 heteroatoms. The van der Waals surface area contributed by atoms with Gasteiger partial charge in [-0.05, 0) is 45.2 Å². The fraction of sp³-hybridized carbons (Fsp3) is 0.438. The predicted octanol–water partition coefficient (Wildman–Crippen LogP) is 3.57. The Hall–Kier alpha value is -1.77. The van der Waals surface area contributed by atoms with E-state index in [1.807, 2.05) is 30.5 Å². The van der Waals surface area contributed by atoms with Gasteiger partial charge in [0.25, 0.3) is 5.91 Å². The number of aromatic nitrogens is 1. The number of benzene rings is 1. The highest BCUT2D eigenvalue weighted by atomic mass is 16.2. The second kappa shape index (κ2) is 4.72. The number of carbonyl (C=O) groups excluding carboxylic acids is 1. The van der Waals surface area contributed by atoms with Gasteiger partial charge in [-0.3, -0.25) is 4.79 Å². The summed E-state index contributed by atoms with van der Waals surface area (Å²) in [5, 5.41) is 1.10. The third kappa shape index (κ3) is 2.03. The Balaban J connectivity index is 2.01. The van der Waals surface area contributed by atoms with E-state index in [1.54, 1.807) is 0 Å². The Kier molecular flexibility index (Phi) is 3.05. The van der Waals surface area contributed by atoms with Gasteiger partial charge in [-0.25, -0.2) is 0 Å². The lowest BCUT2D eigenvalue weighted by Gasteiger charge is -2.39. The standard InChI is InChI=1S/C16H20N2O/c1-11-5-3-6-12(2)18(11)16(19)14-8-4-7-13-9-10-17-15(13)14/h4,7-12,17H,3,5-6H2,1-2H3/t11-,12+. The molecule has 3 rings (SSSR count). The summed E-state index contributed by atoms with van der Waals surface area (Å²) >= 11 is 0. The molecule has 1 aliphatic heterocycles. The van der Waals surface area contributed by atoms with Gasteiger partial charge in [0, 0.05) is 23.7 Å². The third-order valence-electron chi connectivity index (χ3n) is 4.25. The number of para-hydroxylation sites is 1. The molecule has 0 bridgehead atoms. The summed E-state index contributed by atoms with van der Waals surface area (Å²) < 4.78 is 0. The quantitative estimate of drug-likeness (QED) is 0.832. The number of H-pyrrole nitrogens is 1. The summed E-state index contributed by atoms with van der Waals surface area (Å²) in [5.74, 6) is 0.160. The average molecular weight is 256 g/mol. The lowest BCUT2D eigenvalue weighted by atomic mass is 9.96. The molecule has 19 heavy (non-hydrogen) atoms. The molecule has 0 saturated carbocycles. The number of piperidine rings is 1. The van der Waals surface area contributed by atoms with Crippen molar-refractivity contribution in [3.05, 3.63) is 36.0 Å². The van der Waals surface area contributed by atoms with Gasteiger partial charge in [0.2, 0.25) is 0 Å². The maximum Gasteiger partial charge on any atom is 0.256 e. The predicted molar refractivity (Wildman–Crippen MR) is 77.2 cm³/mol. The van der Waals surface area contributed by atoms with Crippen LogP contribution in [0.15, 0.2) is 30.5 Å². The van der Waals surface area contributed by atoms with Crippen molar-refractivity contribution in [2.24, 2.45) is 0 Å². The van der Waals surface area contributed by atoms with Gasteiger partial charge >= 0.3 is 0 Å². The van der Waals surface area contributed by atoms with Crippen molar-refractivity contribution in [1.29, 1.82) is 0 Å². The number of amides is 1. The van der Waals surface area contributed by atoms with E-state index in [2.05, 4.69) is 23.7 Å². The molecule has 1 N–H and O–H groups in total. The summed E-state index contributed by atoms with van der Waals surface area (Å²) in [4.78, 5) is 18.1. The van der Waals surface area contributed by atoms with E-state index in [1.165, 1.54) is 6.42 Å². The van der Waals surface area contributed by atoms with Crippen LogP contribution in [0.25, 0.3) is 10.9 Å². The highest BCUT2D eigenvalue weighted by molar-refractivity contribution is 6.05. The summed E-state index contributed by atoms with van der Waals surface area (Å²) in [6.07, 6.45) is 5.33. The van der Waals surface area contributed by atoms with E-state index < -0.39 is 0 Å². The third-order valence-corrected chi connectivity index (χ3v) is 4.25. The van der Waals surface area contributed by atoms with E-state index in [0.29, 0.717) is 12.1 Å². The van der Waals surface area contributed by atoms with Crippen molar-refractivity contribution < 1.29 is 4.79 Å². The monoisotopic (exact) mass is 256 g/mol. The molecule has 3 nitrogen and oxygen atoms in total. The van der Waals surface area contributed by atoms with Crippen LogP contribution in [0.3, 0.4) is 0 Å². The van der Waals surface area contributed by atoms with E-state index in [0.717, 1.165) is 29.3 Å². The molecular weight excluding hydrogens is 236 g/mol. The fourth-order valence-electron chi connectivity index (χ4n) is 3.22. The fourth-order valence-corrected chi connectivity index (χ4v) is 3.22. The molecule has 0 spiro atoms. The molecule has 2 atom stereocenters. The van der Waals surface area contributed by atoms with Gasteiger partial charge in [-0.15, -0.1) is 0 Å². The van der Waals surface area contributed by atoms with Crippen LogP contribution >= 0.6 is 0 Å². The number of fused-ring (bicyclic) bond motifs is 1. The molecular formula is C16H20N2O. The Bertz CT molecular complexity index is 592. The van der Waals surface area contributed by atoms with Gasteiger partial charge in [0.05, 0.1) is 11.1 Å². The normalized spacial score (nSPS) is 23.8. The van der Waals surface area contributed by atoms with Gasteiger partial charge in [-0.2, -0.15) is 0 Å². The molecule has 0 aliphatic carbocycles. The number of nitrogens with one attached hydrogen (secondary N) is 1. The van der Waals surface area contributed by atoms with Gasteiger partial charge in [0.1, 0.15) is 0 Å². The Labute approximate surface area is 113 Å². The molecule has 1 fully saturated rings. The zero-order chi connectivity index (χ0) is 13.4. The van der Waals surface area contributed by atoms with Crippen molar-refractivity contribution in [1.82, 2.24) is 9.88 Å². The molecule has 100 valence electrons. The summed E-state index contributed by atoms with van der Waals surface area (Å²) in [6.45, 7) is 4.31. The number of hydrogen-bond donors (Lipinski definition) is 1. The SMILES string of the molecule is C[C@@H]1CCC[C@H](C)N1C(=O)c1cccc2cc[nH]c12. The lowest BCUT2D eigenvalue weighted by molar-refractivity contribution is 0.0512. The number of likely N-dealkylation sites (tertiary alicyclic amines) is 1. The van der Waals surface area contributed by atoms with Crippen molar-refractivity contribution in [2.75, 3.05) is 0 Å². The molecule has 2 heterocycles. The first-order valence-corrected chi connectivity index (χ1v) is 7.07. The van der Waals surface area contributed by atoms with Crippen LogP contribution < -0.4 is 0 Å². The minimum atomic E-state index is 0.160. The van der Waals surface area contributed by atoms with Crippen LogP contribution in [0.5, 0.6) is 0 Å².